The van der Waals surface area contributed by atoms with Crippen molar-refractivity contribution in [1.29, 1.82) is 0 Å². The summed E-state index contributed by atoms with van der Waals surface area (Å²) in [5.74, 6) is 1.20. The lowest BCUT2D eigenvalue weighted by atomic mass is 10.0. The Labute approximate surface area is 125 Å². The van der Waals surface area contributed by atoms with Crippen molar-refractivity contribution in [3.05, 3.63) is 35.9 Å². The van der Waals surface area contributed by atoms with E-state index < -0.39 is 0 Å². The quantitative estimate of drug-likeness (QED) is 0.778. The molecule has 0 saturated carbocycles. The van der Waals surface area contributed by atoms with Gasteiger partial charge in [0.2, 0.25) is 0 Å². The van der Waals surface area contributed by atoms with Crippen LogP contribution in [0, 0.1) is 0 Å². The minimum atomic E-state index is -0.00966. The van der Waals surface area contributed by atoms with Crippen LogP contribution in [0.3, 0.4) is 0 Å². The van der Waals surface area contributed by atoms with Crippen molar-refractivity contribution in [3.8, 4) is 11.5 Å². The SMILES string of the molecule is C=CCc1cc(C(=O)N2CCOCC2)cc(OC)c1OC. The fraction of sp³-hybridized carbons (Fsp3) is 0.438. The van der Waals surface area contributed by atoms with Crippen molar-refractivity contribution in [2.24, 2.45) is 0 Å². The summed E-state index contributed by atoms with van der Waals surface area (Å²) in [6.45, 7) is 6.14. The molecule has 0 N–H and O–H groups in total. The van der Waals surface area contributed by atoms with Crippen LogP contribution in [0.4, 0.5) is 0 Å². The van der Waals surface area contributed by atoms with Gasteiger partial charge in [-0.05, 0) is 18.6 Å². The minimum absolute atomic E-state index is 0.00966. The van der Waals surface area contributed by atoms with Gasteiger partial charge in [-0.3, -0.25) is 4.79 Å². The number of carbonyl (C=O) groups excluding carboxylic acids is 1. The zero-order chi connectivity index (χ0) is 15.2. The molecule has 1 aliphatic rings. The van der Waals surface area contributed by atoms with Crippen LogP contribution in [-0.4, -0.2) is 51.3 Å². The third-order valence-corrected chi connectivity index (χ3v) is 3.47. The molecule has 1 aromatic rings. The number of rotatable bonds is 5. The molecule has 0 aromatic heterocycles. The molecule has 2 rings (SSSR count). The van der Waals surface area contributed by atoms with Crippen LogP contribution in [0.5, 0.6) is 11.5 Å². The number of hydrogen-bond acceptors (Lipinski definition) is 4. The Hall–Kier alpha value is -2.01. The Morgan fingerprint density at radius 2 is 2.05 bits per heavy atom. The number of ether oxygens (including phenoxy) is 3. The highest BCUT2D eigenvalue weighted by atomic mass is 16.5. The Morgan fingerprint density at radius 1 is 1.33 bits per heavy atom. The third kappa shape index (κ3) is 3.36. The Morgan fingerprint density at radius 3 is 2.62 bits per heavy atom. The molecule has 1 amide bonds. The zero-order valence-corrected chi connectivity index (χ0v) is 12.6. The van der Waals surface area contributed by atoms with Crippen LogP contribution >= 0.6 is 0 Å². The molecule has 0 radical (unpaired) electrons. The Bertz CT molecular complexity index is 521. The lowest BCUT2D eigenvalue weighted by molar-refractivity contribution is 0.0302. The van der Waals surface area contributed by atoms with E-state index in [0.29, 0.717) is 49.8 Å². The van der Waals surface area contributed by atoms with Crippen LogP contribution in [0.15, 0.2) is 24.8 Å². The molecule has 5 nitrogen and oxygen atoms in total. The van der Waals surface area contributed by atoms with Crippen LogP contribution < -0.4 is 9.47 Å². The predicted molar refractivity (Wildman–Crippen MR) is 80.2 cm³/mol. The molecule has 1 aliphatic heterocycles. The second-order valence-electron chi connectivity index (χ2n) is 4.77. The van der Waals surface area contributed by atoms with Crippen LogP contribution in [0.25, 0.3) is 0 Å². The Kier molecular flexibility index (Phi) is 5.22. The minimum Gasteiger partial charge on any atom is -0.493 e. The molecule has 0 spiro atoms. The standard InChI is InChI=1S/C16H21NO4/c1-4-5-12-10-13(11-14(19-2)15(12)20-3)16(18)17-6-8-21-9-7-17/h4,10-11H,1,5-9H2,2-3H3. The summed E-state index contributed by atoms with van der Waals surface area (Å²) in [4.78, 5) is 14.4. The van der Waals surface area contributed by atoms with Gasteiger partial charge in [0.1, 0.15) is 0 Å². The van der Waals surface area contributed by atoms with Crippen molar-refractivity contribution >= 4 is 5.91 Å². The van der Waals surface area contributed by atoms with Crippen LogP contribution in [0.1, 0.15) is 15.9 Å². The second kappa shape index (κ2) is 7.13. The smallest absolute Gasteiger partial charge is 0.254 e. The van der Waals surface area contributed by atoms with Crippen molar-refractivity contribution in [2.75, 3.05) is 40.5 Å². The summed E-state index contributed by atoms with van der Waals surface area (Å²) in [5, 5.41) is 0. The molecule has 0 atom stereocenters. The first kappa shape index (κ1) is 15.4. The van der Waals surface area contributed by atoms with Crippen molar-refractivity contribution in [2.45, 2.75) is 6.42 Å². The highest BCUT2D eigenvalue weighted by Crippen LogP contribution is 2.33. The summed E-state index contributed by atoms with van der Waals surface area (Å²) in [6.07, 6.45) is 2.39. The third-order valence-electron chi connectivity index (χ3n) is 3.47. The van der Waals surface area contributed by atoms with E-state index in [1.165, 1.54) is 0 Å². The van der Waals surface area contributed by atoms with Gasteiger partial charge in [-0.25, -0.2) is 0 Å². The molecule has 0 bridgehead atoms. The molecule has 114 valence electrons. The van der Waals surface area contributed by atoms with Gasteiger partial charge >= 0.3 is 0 Å². The van der Waals surface area contributed by atoms with E-state index in [0.717, 1.165) is 5.56 Å². The molecule has 21 heavy (non-hydrogen) atoms. The fourth-order valence-corrected chi connectivity index (χ4v) is 2.42. The maximum Gasteiger partial charge on any atom is 0.254 e. The largest absolute Gasteiger partial charge is 0.493 e. The zero-order valence-electron chi connectivity index (χ0n) is 12.6. The van der Waals surface area contributed by atoms with Crippen molar-refractivity contribution in [1.82, 2.24) is 4.90 Å². The highest BCUT2D eigenvalue weighted by Gasteiger charge is 2.21. The summed E-state index contributed by atoms with van der Waals surface area (Å²) in [5.41, 5.74) is 1.50. The van der Waals surface area contributed by atoms with Crippen LogP contribution in [0.2, 0.25) is 0 Å². The maximum atomic E-state index is 12.6. The number of carbonyl (C=O) groups is 1. The normalized spacial score (nSPS) is 14.7. The lowest BCUT2D eigenvalue weighted by Crippen LogP contribution is -2.40. The van der Waals surface area contributed by atoms with Crippen LogP contribution in [-0.2, 0) is 11.2 Å². The van der Waals surface area contributed by atoms with Crippen molar-refractivity contribution in [3.63, 3.8) is 0 Å². The van der Waals surface area contributed by atoms with E-state index in [1.54, 1.807) is 31.3 Å². The summed E-state index contributed by atoms with van der Waals surface area (Å²) >= 11 is 0. The molecule has 0 unspecified atom stereocenters. The monoisotopic (exact) mass is 291 g/mol. The number of methoxy groups -OCH3 is 2. The maximum absolute atomic E-state index is 12.6. The Balaban J connectivity index is 2.36. The van der Waals surface area contributed by atoms with E-state index in [9.17, 15) is 4.79 Å². The molecule has 5 heteroatoms. The molecule has 1 fully saturated rings. The van der Waals surface area contributed by atoms with Gasteiger partial charge in [-0.15, -0.1) is 6.58 Å². The fourth-order valence-electron chi connectivity index (χ4n) is 2.42. The molecule has 0 aliphatic carbocycles. The molecular formula is C16H21NO4. The van der Waals surface area contributed by atoms with Gasteiger partial charge in [0.05, 0.1) is 27.4 Å². The van der Waals surface area contributed by atoms with E-state index >= 15 is 0 Å². The first-order valence-corrected chi connectivity index (χ1v) is 6.94. The average molecular weight is 291 g/mol. The van der Waals surface area contributed by atoms with Gasteiger partial charge in [-0.1, -0.05) is 6.08 Å². The number of nitrogens with zero attached hydrogens (tertiary/aromatic N) is 1. The summed E-state index contributed by atoms with van der Waals surface area (Å²) in [6, 6.07) is 3.57. The molecule has 1 heterocycles. The lowest BCUT2D eigenvalue weighted by Gasteiger charge is -2.27. The molecule has 1 saturated heterocycles. The van der Waals surface area contributed by atoms with Gasteiger partial charge < -0.3 is 19.1 Å². The van der Waals surface area contributed by atoms with E-state index in [1.807, 2.05) is 6.07 Å². The number of amides is 1. The predicted octanol–water partition coefficient (Wildman–Crippen LogP) is 1.90. The average Bonchev–Trinajstić information content (AvgIpc) is 2.54. The summed E-state index contributed by atoms with van der Waals surface area (Å²) < 4.78 is 16.0. The van der Waals surface area contributed by atoms with Gasteiger partial charge in [-0.2, -0.15) is 0 Å². The van der Waals surface area contributed by atoms with E-state index in [4.69, 9.17) is 14.2 Å². The molecular weight excluding hydrogens is 270 g/mol. The van der Waals surface area contributed by atoms with E-state index in [2.05, 4.69) is 6.58 Å². The number of allylic oxidation sites excluding steroid dienone is 1. The van der Waals surface area contributed by atoms with Gasteiger partial charge in [0, 0.05) is 24.2 Å². The molecule has 1 aromatic carbocycles. The number of hydrogen-bond donors (Lipinski definition) is 0. The summed E-state index contributed by atoms with van der Waals surface area (Å²) in [7, 11) is 3.16. The first-order chi connectivity index (χ1) is 10.2. The topological polar surface area (TPSA) is 48.0 Å². The van der Waals surface area contributed by atoms with E-state index in [-0.39, 0.29) is 5.91 Å². The number of benzene rings is 1. The highest BCUT2D eigenvalue weighted by molar-refractivity contribution is 5.95. The first-order valence-electron chi connectivity index (χ1n) is 6.94. The van der Waals surface area contributed by atoms with Crippen molar-refractivity contribution < 1.29 is 19.0 Å². The van der Waals surface area contributed by atoms with Gasteiger partial charge in [0.15, 0.2) is 11.5 Å². The van der Waals surface area contributed by atoms with Gasteiger partial charge in [0.25, 0.3) is 5.91 Å². The number of morpholine rings is 1. The second-order valence-corrected chi connectivity index (χ2v) is 4.77.